The van der Waals surface area contributed by atoms with E-state index in [4.69, 9.17) is 54.2 Å². The van der Waals surface area contributed by atoms with E-state index in [2.05, 4.69) is 10.3 Å². The van der Waals surface area contributed by atoms with Gasteiger partial charge in [-0.1, -0.05) is 23.7 Å². The number of amides is 1. The lowest BCUT2D eigenvalue weighted by molar-refractivity contribution is -0.284. The van der Waals surface area contributed by atoms with Gasteiger partial charge in [0.15, 0.2) is 35.0 Å². The van der Waals surface area contributed by atoms with Crippen LogP contribution in [0.25, 0.3) is 16.3 Å². The van der Waals surface area contributed by atoms with E-state index in [1.807, 2.05) is 45.8 Å². The fourth-order valence-corrected chi connectivity index (χ4v) is 11.2. The summed E-state index contributed by atoms with van der Waals surface area (Å²) < 4.78 is 55.7. The van der Waals surface area contributed by atoms with E-state index in [1.54, 1.807) is 37.3 Å². The molecule has 4 aliphatic heterocycles. The summed E-state index contributed by atoms with van der Waals surface area (Å²) in [5.41, 5.74) is 1.54. The standard InChI is InChI=1S/C53H64ClN3O16/c1-23(2)68-38-16-27-15-35(58)33(18-30(27)46(65-8)48(38)66-9)51(62)56-34-17-28-11-13-37(50(54)55-28)71-39-19-32-31-14-26(40(22-67-52(34)63)72-41-20-36(59)44(57(6)7)24(3)69-41)10-12-29(31)45(60)43(32)47(39)73-42-21-53(5,64)49(61)25(4)70-42/h10-16,18,23-25,34,36,39-42,44-45,47,49,58-61,64H,17,19-22H2,1-9H3,(H,56,62)/t24-,25-,34+,36-,39+,40-,41-,42-,44+,45+,47-,49-,53+/m0/s1. The summed E-state index contributed by atoms with van der Waals surface area (Å²) >= 11 is 6.87. The van der Waals surface area contributed by atoms with Gasteiger partial charge >= 0.3 is 5.97 Å². The van der Waals surface area contributed by atoms with Crippen molar-refractivity contribution in [2.24, 2.45) is 0 Å². The number of nitrogens with one attached hydrogen (secondary N) is 1. The Balaban J connectivity index is 1.09. The Morgan fingerprint density at radius 2 is 1.70 bits per heavy atom. The smallest absolute Gasteiger partial charge is 0.329 e. The Bertz CT molecular complexity index is 2770. The number of hydrogen-bond acceptors (Lipinski definition) is 18. The van der Waals surface area contributed by atoms with Crippen LogP contribution in [-0.2, 0) is 34.9 Å². The van der Waals surface area contributed by atoms with Crippen LogP contribution in [-0.4, -0.2) is 155 Å². The molecule has 0 spiro atoms. The van der Waals surface area contributed by atoms with Gasteiger partial charge in [-0.05, 0) is 118 Å². The molecular formula is C53H64ClN3O16. The van der Waals surface area contributed by atoms with E-state index in [-0.39, 0.29) is 71.5 Å². The first-order valence-corrected chi connectivity index (χ1v) is 24.8. The molecule has 6 N–H and O–H groups in total. The van der Waals surface area contributed by atoms with Crippen molar-refractivity contribution in [2.75, 3.05) is 34.9 Å². The molecule has 0 radical (unpaired) electrons. The Labute approximate surface area is 427 Å². The van der Waals surface area contributed by atoms with Crippen molar-refractivity contribution >= 4 is 39.8 Å². The van der Waals surface area contributed by atoms with Gasteiger partial charge in [0.1, 0.15) is 48.9 Å². The highest BCUT2D eigenvalue weighted by molar-refractivity contribution is 6.30. The van der Waals surface area contributed by atoms with Crippen molar-refractivity contribution in [3.8, 4) is 28.7 Å². The Morgan fingerprint density at radius 1 is 0.959 bits per heavy atom. The summed E-state index contributed by atoms with van der Waals surface area (Å²) in [7, 11) is 6.61. The molecule has 3 aromatic carbocycles. The van der Waals surface area contributed by atoms with Gasteiger partial charge in [-0.2, -0.15) is 0 Å². The number of rotatable bonds is 11. The predicted molar refractivity (Wildman–Crippen MR) is 264 cm³/mol. The van der Waals surface area contributed by atoms with Crippen molar-refractivity contribution in [1.82, 2.24) is 15.2 Å². The molecule has 20 heteroatoms. The average molecular weight is 1030 g/mol. The van der Waals surface area contributed by atoms with E-state index in [0.29, 0.717) is 38.8 Å². The van der Waals surface area contributed by atoms with Gasteiger partial charge in [-0.3, -0.25) is 4.79 Å². The summed E-state index contributed by atoms with van der Waals surface area (Å²) in [6.07, 6.45) is -9.28. The zero-order valence-electron chi connectivity index (χ0n) is 42.2. The Hall–Kier alpha value is -5.32. The molecule has 73 heavy (non-hydrogen) atoms. The summed E-state index contributed by atoms with van der Waals surface area (Å²) in [6, 6.07) is 11.3. The van der Waals surface area contributed by atoms with Crippen molar-refractivity contribution in [1.29, 1.82) is 0 Å². The highest BCUT2D eigenvalue weighted by atomic mass is 35.5. The molecule has 0 unspecified atom stereocenters. The van der Waals surface area contributed by atoms with Crippen LogP contribution in [0.4, 0.5) is 0 Å². The summed E-state index contributed by atoms with van der Waals surface area (Å²) in [6.45, 7) is 8.30. The van der Waals surface area contributed by atoms with Gasteiger partial charge in [-0.25, -0.2) is 9.78 Å². The second-order valence-electron chi connectivity index (χ2n) is 20.2. The predicted octanol–water partition coefficient (Wildman–Crippen LogP) is 5.06. The number of fused-ring (bicyclic) bond motifs is 8. The first-order valence-electron chi connectivity index (χ1n) is 24.5. The average Bonchev–Trinajstić information content (AvgIpc) is 3.80. The molecule has 4 aromatic rings. The van der Waals surface area contributed by atoms with E-state index < -0.39 is 97.3 Å². The van der Waals surface area contributed by atoms with Gasteiger partial charge in [0.05, 0.1) is 55.8 Å². The maximum atomic E-state index is 14.5. The number of aliphatic hydroxyl groups is 4. The van der Waals surface area contributed by atoms with Crippen LogP contribution < -0.4 is 24.3 Å². The highest BCUT2D eigenvalue weighted by Gasteiger charge is 2.51. The number of esters is 1. The molecule has 394 valence electrons. The van der Waals surface area contributed by atoms with Crippen molar-refractivity contribution in [2.45, 2.75) is 146 Å². The van der Waals surface area contributed by atoms with Crippen molar-refractivity contribution in [3.63, 3.8) is 0 Å². The van der Waals surface area contributed by atoms with E-state index in [9.17, 15) is 35.1 Å². The van der Waals surface area contributed by atoms with E-state index in [1.165, 1.54) is 33.3 Å². The van der Waals surface area contributed by atoms with Crippen LogP contribution in [0, 0.1) is 0 Å². The summed E-state index contributed by atoms with van der Waals surface area (Å²) in [4.78, 5) is 35.4. The van der Waals surface area contributed by atoms with Gasteiger partial charge in [0, 0.05) is 36.8 Å². The second kappa shape index (κ2) is 20.8. The van der Waals surface area contributed by atoms with Crippen LogP contribution in [0.3, 0.4) is 0 Å². The van der Waals surface area contributed by atoms with Gasteiger partial charge in [-0.15, -0.1) is 0 Å². The summed E-state index contributed by atoms with van der Waals surface area (Å²) in [5, 5.41) is 60.2. The molecule has 19 nitrogen and oxygen atoms in total. The quantitative estimate of drug-likeness (QED) is 0.0849. The number of carbonyl (C=O) groups excluding carboxylic acids is 2. The molecule has 2 aliphatic carbocycles. The zero-order chi connectivity index (χ0) is 52.4. The number of aromatic nitrogens is 1. The molecule has 1 aromatic heterocycles. The van der Waals surface area contributed by atoms with Crippen molar-refractivity contribution in [3.05, 3.63) is 87.2 Å². The molecule has 2 saturated heterocycles. The lowest BCUT2D eigenvalue weighted by Crippen LogP contribution is -2.56. The number of methoxy groups -OCH3 is 2. The number of carbonyl (C=O) groups is 2. The molecular weight excluding hydrogens is 970 g/mol. The minimum atomic E-state index is -1.54. The third-order valence-corrected chi connectivity index (χ3v) is 14.6. The first-order chi connectivity index (χ1) is 34.7. The number of halogens is 1. The highest BCUT2D eigenvalue weighted by Crippen LogP contribution is 2.53. The van der Waals surface area contributed by atoms with Crippen LogP contribution >= 0.6 is 11.6 Å². The number of hydrogen-bond donors (Lipinski definition) is 6. The minimum Gasteiger partial charge on any atom is -0.507 e. The number of ether oxygens (including phenoxy) is 9. The maximum Gasteiger partial charge on any atom is 0.329 e. The molecule has 2 fully saturated rings. The number of phenolic OH excluding ortho intramolecular Hbond substituents is 1. The topological polar surface area (TPSA) is 247 Å². The molecule has 5 heterocycles. The largest absolute Gasteiger partial charge is 0.507 e. The lowest BCUT2D eigenvalue weighted by Gasteiger charge is -2.43. The van der Waals surface area contributed by atoms with Gasteiger partial charge in [0.2, 0.25) is 5.75 Å². The van der Waals surface area contributed by atoms with Crippen LogP contribution in [0.15, 0.2) is 54.1 Å². The fourth-order valence-electron chi connectivity index (χ4n) is 10.9. The van der Waals surface area contributed by atoms with Crippen LogP contribution in [0.1, 0.15) is 98.8 Å². The second-order valence-corrected chi connectivity index (χ2v) is 20.5. The number of nitrogens with zero attached hydrogens (tertiary/aromatic N) is 2. The normalized spacial score (nSPS) is 31.2. The number of aromatic hydroxyl groups is 1. The maximum absolute atomic E-state index is 14.5. The minimum absolute atomic E-state index is 0.0754. The Kier molecular flexibility index (Phi) is 14.9. The van der Waals surface area contributed by atoms with Gasteiger partial charge in [0.25, 0.3) is 5.91 Å². The van der Waals surface area contributed by atoms with Crippen LogP contribution in [0.2, 0.25) is 5.15 Å². The monoisotopic (exact) mass is 1030 g/mol. The number of benzene rings is 3. The lowest BCUT2D eigenvalue weighted by atomic mass is 9.89. The number of likely N-dealkylation sites (N-methyl/N-ethyl adjacent to an activating group) is 1. The van der Waals surface area contributed by atoms with Crippen molar-refractivity contribution < 1.29 is 77.8 Å². The fraction of sp³-hybridized carbons (Fsp3) is 0.528. The molecule has 0 saturated carbocycles. The Morgan fingerprint density at radius 3 is 2.37 bits per heavy atom. The third-order valence-electron chi connectivity index (χ3n) is 14.4. The first kappa shape index (κ1) is 52.5. The zero-order valence-corrected chi connectivity index (χ0v) is 42.9. The molecule has 10 rings (SSSR count). The molecule has 6 bridgehead atoms. The van der Waals surface area contributed by atoms with Gasteiger partial charge < -0.3 is 78.4 Å². The SMILES string of the molecule is COc1c(OC(C)C)cc2cc(O)c(C(=O)N[C@@H]3Cc4ccc(c(Cl)n4)O[C@@H]4CC5=C([C@H]4O[C@H]4C[C@@](C)(O)[C@@H](O)[C@H](C)O4)[C@H](O)c4ccc(cc45)[C@@H](O[C@H]4C[C@H](O)[C@H](N(C)C)[C@H](C)O4)COC3=O)cc2c1OC. The molecule has 13 atom stereocenters. The summed E-state index contributed by atoms with van der Waals surface area (Å²) in [5.74, 6) is -1.06. The molecule has 1 amide bonds. The molecule has 6 aliphatic rings. The number of aliphatic hydroxyl groups excluding tert-OH is 3. The number of phenols is 1. The van der Waals surface area contributed by atoms with E-state index >= 15 is 0 Å². The number of pyridine rings is 1. The van der Waals surface area contributed by atoms with E-state index in [0.717, 1.165) is 5.57 Å². The third kappa shape index (κ3) is 10.3. The van der Waals surface area contributed by atoms with Crippen LogP contribution in [0.5, 0.6) is 28.7 Å².